The highest BCUT2D eigenvalue weighted by Crippen LogP contribution is 2.20. The Bertz CT molecular complexity index is 675. The Morgan fingerprint density at radius 1 is 1.38 bits per heavy atom. The number of aromatic nitrogens is 2. The van der Waals surface area contributed by atoms with E-state index >= 15 is 0 Å². The van der Waals surface area contributed by atoms with Gasteiger partial charge in [0, 0.05) is 18.3 Å². The Morgan fingerprint density at radius 2 is 2.05 bits per heavy atom. The molecule has 0 aliphatic heterocycles. The molecular weight excluding hydrogens is 290 g/mol. The topological polar surface area (TPSA) is 73.2 Å². The number of nitrogens with zero attached hydrogens (tertiary/aromatic N) is 2. The number of methoxy groups -OCH3 is 1. The minimum atomic E-state index is -0.435. The van der Waals surface area contributed by atoms with Crippen LogP contribution in [-0.4, -0.2) is 28.8 Å². The van der Waals surface area contributed by atoms with Crippen LogP contribution in [-0.2, 0) is 11.8 Å². The van der Waals surface area contributed by atoms with Crippen LogP contribution in [0, 0.1) is 6.92 Å². The van der Waals surface area contributed by atoms with Gasteiger partial charge >= 0.3 is 5.97 Å². The number of rotatable bonds is 4. The summed E-state index contributed by atoms with van der Waals surface area (Å²) in [5.74, 6) is -0.652. The summed E-state index contributed by atoms with van der Waals surface area (Å²) in [5, 5.41) is 7.07. The molecule has 0 aliphatic carbocycles. The van der Waals surface area contributed by atoms with Crippen LogP contribution in [0.1, 0.15) is 43.6 Å². The van der Waals surface area contributed by atoms with Gasteiger partial charge in [0.25, 0.3) is 5.91 Å². The predicted molar refractivity (Wildman–Crippen MR) is 79.5 cm³/mol. The summed E-state index contributed by atoms with van der Waals surface area (Å²) in [7, 11) is 3.17. The molecular formula is C14H17N3O3S. The van der Waals surface area contributed by atoms with E-state index in [9.17, 15) is 9.59 Å². The van der Waals surface area contributed by atoms with Gasteiger partial charge in [0.15, 0.2) is 0 Å². The molecule has 0 aliphatic rings. The van der Waals surface area contributed by atoms with E-state index in [2.05, 4.69) is 15.2 Å². The zero-order chi connectivity index (χ0) is 15.6. The summed E-state index contributed by atoms with van der Waals surface area (Å²) >= 11 is 1.11. The second-order valence-electron chi connectivity index (χ2n) is 4.66. The summed E-state index contributed by atoms with van der Waals surface area (Å²) < 4.78 is 6.39. The fraction of sp³-hybridized carbons (Fsp3) is 0.357. The molecule has 1 N–H and O–H groups in total. The van der Waals surface area contributed by atoms with Gasteiger partial charge in [-0.1, -0.05) is 0 Å². The molecule has 2 aromatic heterocycles. The van der Waals surface area contributed by atoms with Crippen LogP contribution in [0.4, 0.5) is 0 Å². The molecule has 2 aromatic rings. The normalized spacial score (nSPS) is 12.0. The van der Waals surface area contributed by atoms with Crippen molar-refractivity contribution < 1.29 is 14.3 Å². The van der Waals surface area contributed by atoms with Crippen molar-refractivity contribution in [2.45, 2.75) is 19.9 Å². The number of ether oxygens (including phenoxy) is 1. The lowest BCUT2D eigenvalue weighted by molar-refractivity contribution is 0.0606. The Kier molecular flexibility index (Phi) is 4.42. The zero-order valence-corrected chi connectivity index (χ0v) is 13.2. The van der Waals surface area contributed by atoms with Crippen molar-refractivity contribution in [2.75, 3.05) is 7.11 Å². The number of thiophene rings is 1. The van der Waals surface area contributed by atoms with Crippen molar-refractivity contribution >= 4 is 23.2 Å². The van der Waals surface area contributed by atoms with Gasteiger partial charge in [-0.25, -0.2) is 4.79 Å². The minimum Gasteiger partial charge on any atom is -0.465 e. The molecule has 112 valence electrons. The Balaban J connectivity index is 2.09. The Morgan fingerprint density at radius 3 is 2.62 bits per heavy atom. The van der Waals surface area contributed by atoms with E-state index in [1.54, 1.807) is 23.0 Å². The minimum absolute atomic E-state index is 0.158. The maximum atomic E-state index is 12.2. The monoisotopic (exact) mass is 307 g/mol. The van der Waals surface area contributed by atoms with Crippen LogP contribution in [0.25, 0.3) is 0 Å². The fourth-order valence-corrected chi connectivity index (χ4v) is 2.78. The van der Waals surface area contributed by atoms with E-state index in [1.807, 2.05) is 20.9 Å². The van der Waals surface area contributed by atoms with E-state index in [0.717, 1.165) is 22.6 Å². The van der Waals surface area contributed by atoms with Gasteiger partial charge in [-0.05, 0) is 26.0 Å². The number of carbonyl (C=O) groups is 2. The van der Waals surface area contributed by atoms with Crippen molar-refractivity contribution in [1.29, 1.82) is 0 Å². The van der Waals surface area contributed by atoms with Crippen molar-refractivity contribution in [3.8, 4) is 0 Å². The third kappa shape index (κ3) is 3.13. The number of amides is 1. The zero-order valence-electron chi connectivity index (χ0n) is 12.3. The molecule has 0 fully saturated rings. The lowest BCUT2D eigenvalue weighted by Gasteiger charge is -2.12. The number of hydrogen-bond donors (Lipinski definition) is 1. The summed E-state index contributed by atoms with van der Waals surface area (Å²) in [5.41, 5.74) is 1.97. The first kappa shape index (κ1) is 15.2. The molecule has 21 heavy (non-hydrogen) atoms. The molecule has 0 saturated heterocycles. The SMILES string of the molecule is COC(=O)c1ccc(C(=O)N[C@H](C)c2cnn(C)c2C)s1. The van der Waals surface area contributed by atoms with Crippen LogP contribution in [0.2, 0.25) is 0 Å². The van der Waals surface area contributed by atoms with E-state index in [-0.39, 0.29) is 11.9 Å². The van der Waals surface area contributed by atoms with Gasteiger partial charge in [-0.3, -0.25) is 9.48 Å². The highest BCUT2D eigenvalue weighted by molar-refractivity contribution is 7.15. The second-order valence-corrected chi connectivity index (χ2v) is 5.74. The van der Waals surface area contributed by atoms with E-state index in [1.165, 1.54) is 7.11 Å². The van der Waals surface area contributed by atoms with Gasteiger partial charge in [-0.2, -0.15) is 5.10 Å². The standard InChI is InChI=1S/C14H17N3O3S/c1-8(10-7-15-17(3)9(10)2)16-13(18)11-5-6-12(21-11)14(19)20-4/h5-8H,1-4H3,(H,16,18)/t8-/m1/s1. The van der Waals surface area contributed by atoms with Gasteiger partial charge in [0.05, 0.1) is 24.2 Å². The van der Waals surface area contributed by atoms with E-state index in [0.29, 0.717) is 9.75 Å². The maximum Gasteiger partial charge on any atom is 0.348 e. The lowest BCUT2D eigenvalue weighted by atomic mass is 10.1. The van der Waals surface area contributed by atoms with Crippen molar-refractivity contribution in [3.05, 3.63) is 39.3 Å². The molecule has 0 saturated carbocycles. The first-order valence-electron chi connectivity index (χ1n) is 6.41. The smallest absolute Gasteiger partial charge is 0.348 e. The highest BCUT2D eigenvalue weighted by Gasteiger charge is 2.18. The number of aryl methyl sites for hydroxylation is 1. The van der Waals surface area contributed by atoms with Crippen LogP contribution in [0.5, 0.6) is 0 Å². The largest absolute Gasteiger partial charge is 0.465 e. The predicted octanol–water partition coefficient (Wildman–Crippen LogP) is 2.07. The van der Waals surface area contributed by atoms with Gasteiger partial charge < -0.3 is 10.1 Å². The number of carbonyl (C=O) groups excluding carboxylic acids is 2. The molecule has 6 nitrogen and oxygen atoms in total. The lowest BCUT2D eigenvalue weighted by Crippen LogP contribution is -2.26. The first-order valence-corrected chi connectivity index (χ1v) is 7.23. The average molecular weight is 307 g/mol. The molecule has 7 heteroatoms. The summed E-state index contributed by atoms with van der Waals surface area (Å²) in [6.07, 6.45) is 1.74. The van der Waals surface area contributed by atoms with Crippen molar-refractivity contribution in [2.24, 2.45) is 7.05 Å². The van der Waals surface area contributed by atoms with Crippen LogP contribution in [0.3, 0.4) is 0 Å². The van der Waals surface area contributed by atoms with Gasteiger partial charge in [0.2, 0.25) is 0 Å². The molecule has 0 spiro atoms. The summed E-state index contributed by atoms with van der Waals surface area (Å²) in [6.45, 7) is 3.85. The van der Waals surface area contributed by atoms with Gasteiger partial charge in [-0.15, -0.1) is 11.3 Å². The number of nitrogens with one attached hydrogen (secondary N) is 1. The second kappa shape index (κ2) is 6.09. The number of hydrogen-bond acceptors (Lipinski definition) is 5. The molecule has 0 radical (unpaired) electrons. The molecule has 2 heterocycles. The quantitative estimate of drug-likeness (QED) is 0.878. The van der Waals surface area contributed by atoms with E-state index in [4.69, 9.17) is 0 Å². The Hall–Kier alpha value is -2.15. The fourth-order valence-electron chi connectivity index (χ4n) is 1.96. The molecule has 0 bridgehead atoms. The van der Waals surface area contributed by atoms with Crippen molar-refractivity contribution in [1.82, 2.24) is 15.1 Å². The van der Waals surface area contributed by atoms with Crippen LogP contribution >= 0.6 is 11.3 Å². The third-order valence-corrected chi connectivity index (χ3v) is 4.37. The summed E-state index contributed by atoms with van der Waals surface area (Å²) in [4.78, 5) is 24.5. The molecule has 1 amide bonds. The maximum absolute atomic E-state index is 12.2. The molecule has 2 rings (SSSR count). The van der Waals surface area contributed by atoms with Crippen LogP contribution < -0.4 is 5.32 Å². The third-order valence-electron chi connectivity index (χ3n) is 3.30. The molecule has 0 unspecified atom stereocenters. The Labute approximate surface area is 126 Å². The first-order chi connectivity index (χ1) is 9.93. The van der Waals surface area contributed by atoms with Gasteiger partial charge in [0.1, 0.15) is 4.88 Å². The van der Waals surface area contributed by atoms with E-state index < -0.39 is 5.97 Å². The van der Waals surface area contributed by atoms with Crippen LogP contribution in [0.15, 0.2) is 18.3 Å². The summed E-state index contributed by atoms with van der Waals surface area (Å²) in [6, 6.07) is 3.05. The highest BCUT2D eigenvalue weighted by atomic mass is 32.1. The molecule has 0 aromatic carbocycles. The van der Waals surface area contributed by atoms with Crippen molar-refractivity contribution in [3.63, 3.8) is 0 Å². The molecule has 1 atom stereocenters. The number of esters is 1. The average Bonchev–Trinajstić information content (AvgIpc) is 3.06.